The molecule has 0 aliphatic heterocycles. The summed E-state index contributed by atoms with van der Waals surface area (Å²) in [7, 11) is 0. The van der Waals surface area contributed by atoms with E-state index in [1.165, 1.54) is 27.3 Å². The molecule has 0 bridgehead atoms. The average Bonchev–Trinajstić information content (AvgIpc) is 2.45. The first-order valence-corrected chi connectivity index (χ1v) is 7.21. The molecule has 98 valence electrons. The van der Waals surface area contributed by atoms with Crippen LogP contribution in [0.3, 0.4) is 0 Å². The Morgan fingerprint density at radius 2 is 1.70 bits per heavy atom. The Labute approximate surface area is 118 Å². The fourth-order valence-electron chi connectivity index (χ4n) is 3.34. The summed E-state index contributed by atoms with van der Waals surface area (Å²) in [5.74, 6) is 0.309. The van der Waals surface area contributed by atoms with Crippen molar-refractivity contribution in [3.05, 3.63) is 59.2 Å². The average molecular weight is 260 g/mol. The molecular weight excluding hydrogens is 244 g/mol. The standard InChI is InChI=1S/C19H16O/c1-12-5-6-14-11-17-15(10-16(14)9-12)8-7-13-3-2-4-18(20)19(13)17/h5-11H,2-4H2,1H3. The van der Waals surface area contributed by atoms with E-state index in [0.717, 1.165) is 23.8 Å². The van der Waals surface area contributed by atoms with Crippen molar-refractivity contribution in [2.45, 2.75) is 26.2 Å². The molecule has 1 nitrogen and oxygen atoms in total. The first-order valence-electron chi connectivity index (χ1n) is 7.21. The summed E-state index contributed by atoms with van der Waals surface area (Å²) >= 11 is 0. The zero-order valence-corrected chi connectivity index (χ0v) is 11.6. The fraction of sp³-hybridized carbons (Fsp3) is 0.211. The molecule has 0 amide bonds. The quantitative estimate of drug-likeness (QED) is 0.529. The van der Waals surface area contributed by atoms with Crippen LogP contribution < -0.4 is 0 Å². The Bertz CT molecular complexity index is 858. The number of carbonyl (C=O) groups is 1. The monoisotopic (exact) mass is 260 g/mol. The van der Waals surface area contributed by atoms with E-state index in [9.17, 15) is 4.79 Å². The second-order valence-electron chi connectivity index (χ2n) is 5.80. The Morgan fingerprint density at radius 1 is 0.850 bits per heavy atom. The molecule has 0 atom stereocenters. The minimum Gasteiger partial charge on any atom is -0.294 e. The highest BCUT2D eigenvalue weighted by Gasteiger charge is 2.19. The Hall–Kier alpha value is -2.15. The van der Waals surface area contributed by atoms with Gasteiger partial charge >= 0.3 is 0 Å². The van der Waals surface area contributed by atoms with Crippen molar-refractivity contribution in [3.8, 4) is 0 Å². The number of Topliss-reactive ketones (excluding diaryl/α,β-unsaturated/α-hetero) is 1. The normalized spacial score (nSPS) is 14.8. The highest BCUT2D eigenvalue weighted by molar-refractivity contribution is 6.13. The van der Waals surface area contributed by atoms with Crippen LogP contribution in [0.4, 0.5) is 0 Å². The Balaban J connectivity index is 2.12. The molecule has 20 heavy (non-hydrogen) atoms. The van der Waals surface area contributed by atoms with Crippen LogP contribution in [-0.4, -0.2) is 5.78 Å². The van der Waals surface area contributed by atoms with Crippen LogP contribution in [0.2, 0.25) is 0 Å². The summed E-state index contributed by atoms with van der Waals surface area (Å²) in [6, 6.07) is 15.2. The SMILES string of the molecule is Cc1ccc2cc3c4c(ccc3cc2c1)CCCC4=O. The topological polar surface area (TPSA) is 17.1 Å². The van der Waals surface area contributed by atoms with Crippen LogP contribution in [0.15, 0.2) is 42.5 Å². The van der Waals surface area contributed by atoms with E-state index in [0.29, 0.717) is 12.2 Å². The number of rotatable bonds is 0. The molecule has 4 rings (SSSR count). The van der Waals surface area contributed by atoms with Gasteiger partial charge in [0.25, 0.3) is 0 Å². The van der Waals surface area contributed by atoms with Crippen molar-refractivity contribution in [3.63, 3.8) is 0 Å². The van der Waals surface area contributed by atoms with Crippen molar-refractivity contribution in [1.82, 2.24) is 0 Å². The largest absolute Gasteiger partial charge is 0.294 e. The number of hydrogen-bond acceptors (Lipinski definition) is 1. The molecule has 0 unspecified atom stereocenters. The number of benzene rings is 3. The third-order valence-corrected chi connectivity index (χ3v) is 4.35. The van der Waals surface area contributed by atoms with Crippen molar-refractivity contribution in [2.24, 2.45) is 0 Å². The highest BCUT2D eigenvalue weighted by Crippen LogP contribution is 2.32. The van der Waals surface area contributed by atoms with E-state index in [2.05, 4.69) is 49.4 Å². The van der Waals surface area contributed by atoms with Gasteiger partial charge in [0.2, 0.25) is 0 Å². The smallest absolute Gasteiger partial charge is 0.163 e. The summed E-state index contributed by atoms with van der Waals surface area (Å²) in [5, 5.41) is 4.77. The zero-order valence-electron chi connectivity index (χ0n) is 11.6. The van der Waals surface area contributed by atoms with Gasteiger partial charge in [0.05, 0.1) is 0 Å². The molecule has 0 aromatic heterocycles. The molecule has 0 heterocycles. The van der Waals surface area contributed by atoms with Gasteiger partial charge < -0.3 is 0 Å². The predicted molar refractivity (Wildman–Crippen MR) is 83.5 cm³/mol. The second kappa shape index (κ2) is 4.17. The highest BCUT2D eigenvalue weighted by atomic mass is 16.1. The first kappa shape index (κ1) is 11.7. The molecule has 0 saturated heterocycles. The zero-order chi connectivity index (χ0) is 13.7. The van der Waals surface area contributed by atoms with Gasteiger partial charge in [-0.1, -0.05) is 35.9 Å². The van der Waals surface area contributed by atoms with Crippen LogP contribution in [-0.2, 0) is 6.42 Å². The molecule has 0 saturated carbocycles. The molecule has 0 spiro atoms. The molecule has 3 aromatic carbocycles. The van der Waals surface area contributed by atoms with Gasteiger partial charge in [0.1, 0.15) is 0 Å². The number of hydrogen-bond donors (Lipinski definition) is 0. The maximum absolute atomic E-state index is 12.3. The van der Waals surface area contributed by atoms with Crippen LogP contribution in [0.25, 0.3) is 21.5 Å². The minimum atomic E-state index is 0.309. The van der Waals surface area contributed by atoms with E-state index in [-0.39, 0.29) is 0 Å². The van der Waals surface area contributed by atoms with Gasteiger partial charge in [-0.3, -0.25) is 4.79 Å². The van der Waals surface area contributed by atoms with Crippen LogP contribution in [0, 0.1) is 6.92 Å². The molecule has 0 N–H and O–H groups in total. The number of fused-ring (bicyclic) bond motifs is 4. The van der Waals surface area contributed by atoms with Crippen LogP contribution >= 0.6 is 0 Å². The number of carbonyl (C=O) groups excluding carboxylic acids is 1. The van der Waals surface area contributed by atoms with Gasteiger partial charge in [0.15, 0.2) is 5.78 Å². The first-order chi connectivity index (χ1) is 9.72. The van der Waals surface area contributed by atoms with Gasteiger partial charge in [-0.25, -0.2) is 0 Å². The van der Waals surface area contributed by atoms with E-state index >= 15 is 0 Å². The number of aryl methyl sites for hydroxylation is 2. The van der Waals surface area contributed by atoms with Crippen molar-refractivity contribution in [2.75, 3.05) is 0 Å². The third-order valence-electron chi connectivity index (χ3n) is 4.35. The van der Waals surface area contributed by atoms with Crippen molar-refractivity contribution >= 4 is 27.3 Å². The molecular formula is C19H16O. The second-order valence-corrected chi connectivity index (χ2v) is 5.80. The lowest BCUT2D eigenvalue weighted by atomic mass is 9.86. The van der Waals surface area contributed by atoms with Gasteiger partial charge in [-0.05, 0) is 59.0 Å². The van der Waals surface area contributed by atoms with Crippen LogP contribution in [0.5, 0.6) is 0 Å². The van der Waals surface area contributed by atoms with Gasteiger partial charge in [-0.2, -0.15) is 0 Å². The molecule has 0 fully saturated rings. The van der Waals surface area contributed by atoms with Crippen molar-refractivity contribution in [1.29, 1.82) is 0 Å². The summed E-state index contributed by atoms with van der Waals surface area (Å²) in [6.45, 7) is 2.11. The van der Waals surface area contributed by atoms with E-state index in [1.807, 2.05) is 0 Å². The van der Waals surface area contributed by atoms with Gasteiger partial charge in [0, 0.05) is 12.0 Å². The minimum absolute atomic E-state index is 0.309. The molecule has 3 aromatic rings. The predicted octanol–water partition coefficient (Wildman–Crippen LogP) is 4.82. The Morgan fingerprint density at radius 3 is 2.60 bits per heavy atom. The lowest BCUT2D eigenvalue weighted by molar-refractivity contribution is 0.0974. The maximum atomic E-state index is 12.3. The fourth-order valence-corrected chi connectivity index (χ4v) is 3.34. The third kappa shape index (κ3) is 1.66. The van der Waals surface area contributed by atoms with E-state index < -0.39 is 0 Å². The Kier molecular flexibility index (Phi) is 2.43. The van der Waals surface area contributed by atoms with Gasteiger partial charge in [-0.15, -0.1) is 0 Å². The molecule has 1 aliphatic carbocycles. The molecule has 0 radical (unpaired) electrons. The van der Waals surface area contributed by atoms with Crippen molar-refractivity contribution < 1.29 is 4.79 Å². The molecule has 1 heteroatoms. The molecule has 1 aliphatic rings. The lowest BCUT2D eigenvalue weighted by Gasteiger charge is -2.17. The van der Waals surface area contributed by atoms with Crippen LogP contribution in [0.1, 0.15) is 34.3 Å². The summed E-state index contributed by atoms with van der Waals surface area (Å²) in [6.07, 6.45) is 2.71. The lowest BCUT2D eigenvalue weighted by Crippen LogP contribution is -2.11. The summed E-state index contributed by atoms with van der Waals surface area (Å²) in [4.78, 5) is 12.3. The van der Waals surface area contributed by atoms with E-state index in [4.69, 9.17) is 0 Å². The summed E-state index contributed by atoms with van der Waals surface area (Å²) < 4.78 is 0. The maximum Gasteiger partial charge on any atom is 0.163 e. The van der Waals surface area contributed by atoms with E-state index in [1.54, 1.807) is 0 Å². The summed E-state index contributed by atoms with van der Waals surface area (Å²) in [5.41, 5.74) is 3.46. The number of ketones is 1.